The minimum atomic E-state index is 0.343. The Labute approximate surface area is 110 Å². The molecule has 1 fully saturated rings. The van der Waals surface area contributed by atoms with Crippen molar-refractivity contribution < 1.29 is 4.74 Å². The van der Waals surface area contributed by atoms with Crippen LogP contribution >= 0.6 is 0 Å². The van der Waals surface area contributed by atoms with E-state index in [4.69, 9.17) is 4.74 Å². The van der Waals surface area contributed by atoms with Crippen LogP contribution in [-0.2, 0) is 6.54 Å². The molecular weight excluding hydrogens is 224 g/mol. The summed E-state index contributed by atoms with van der Waals surface area (Å²) in [5, 5.41) is 3.51. The second kappa shape index (κ2) is 5.72. The third kappa shape index (κ3) is 3.72. The van der Waals surface area contributed by atoms with Gasteiger partial charge >= 0.3 is 0 Å². The highest BCUT2D eigenvalue weighted by atomic mass is 16.5. The number of methoxy groups -OCH3 is 1. The first-order chi connectivity index (χ1) is 8.59. The van der Waals surface area contributed by atoms with Gasteiger partial charge < -0.3 is 10.1 Å². The van der Waals surface area contributed by atoms with Crippen molar-refractivity contribution in [1.29, 1.82) is 0 Å². The van der Waals surface area contributed by atoms with Gasteiger partial charge in [0.25, 0.3) is 0 Å². The van der Waals surface area contributed by atoms with Crippen molar-refractivity contribution in [1.82, 2.24) is 10.2 Å². The molecule has 0 bridgehead atoms. The molecule has 0 aliphatic carbocycles. The second-order valence-electron chi connectivity index (χ2n) is 5.90. The van der Waals surface area contributed by atoms with Crippen LogP contribution in [0.15, 0.2) is 24.3 Å². The fourth-order valence-electron chi connectivity index (χ4n) is 2.57. The molecule has 18 heavy (non-hydrogen) atoms. The molecule has 0 atom stereocenters. The molecule has 0 saturated carbocycles. The van der Waals surface area contributed by atoms with Gasteiger partial charge in [0.05, 0.1) is 7.11 Å². The van der Waals surface area contributed by atoms with E-state index in [9.17, 15) is 0 Å². The van der Waals surface area contributed by atoms with Crippen molar-refractivity contribution in [2.45, 2.75) is 20.4 Å². The van der Waals surface area contributed by atoms with Crippen molar-refractivity contribution in [3.8, 4) is 5.75 Å². The van der Waals surface area contributed by atoms with Gasteiger partial charge in [0.1, 0.15) is 5.75 Å². The lowest BCUT2D eigenvalue weighted by molar-refractivity contribution is 0.200. The van der Waals surface area contributed by atoms with Crippen LogP contribution in [0, 0.1) is 5.41 Å². The maximum absolute atomic E-state index is 5.28. The lowest BCUT2D eigenvalue weighted by Crippen LogP contribution is -2.34. The summed E-state index contributed by atoms with van der Waals surface area (Å²) in [6.07, 6.45) is 0. The Kier molecular flexibility index (Phi) is 4.25. The number of benzene rings is 1. The molecule has 2 rings (SSSR count). The summed E-state index contributed by atoms with van der Waals surface area (Å²) in [6.45, 7) is 10.1. The van der Waals surface area contributed by atoms with Gasteiger partial charge in [-0.15, -0.1) is 0 Å². The largest absolute Gasteiger partial charge is 0.497 e. The Morgan fingerprint density at radius 3 is 3.00 bits per heavy atom. The summed E-state index contributed by atoms with van der Waals surface area (Å²) in [7, 11) is 1.72. The van der Waals surface area contributed by atoms with Gasteiger partial charge in [-0.25, -0.2) is 0 Å². The van der Waals surface area contributed by atoms with E-state index < -0.39 is 0 Å². The first kappa shape index (κ1) is 13.4. The third-order valence-corrected chi connectivity index (χ3v) is 3.40. The van der Waals surface area contributed by atoms with Gasteiger partial charge in [0.15, 0.2) is 0 Å². The molecule has 1 aromatic carbocycles. The molecule has 0 spiro atoms. The number of ether oxygens (including phenoxy) is 1. The zero-order valence-electron chi connectivity index (χ0n) is 11.7. The molecule has 3 heteroatoms. The third-order valence-electron chi connectivity index (χ3n) is 3.40. The monoisotopic (exact) mass is 248 g/mol. The topological polar surface area (TPSA) is 24.5 Å². The fourth-order valence-corrected chi connectivity index (χ4v) is 2.57. The number of nitrogens with zero attached hydrogens (tertiary/aromatic N) is 1. The van der Waals surface area contributed by atoms with Crippen LogP contribution in [-0.4, -0.2) is 38.2 Å². The average Bonchev–Trinajstić information content (AvgIpc) is 2.50. The lowest BCUT2D eigenvalue weighted by atomic mass is 9.93. The molecule has 1 aromatic rings. The highest BCUT2D eigenvalue weighted by Gasteiger charge is 2.24. The molecule has 1 aliphatic heterocycles. The van der Waals surface area contributed by atoms with Gasteiger partial charge in [-0.2, -0.15) is 0 Å². The van der Waals surface area contributed by atoms with Gasteiger partial charge in [-0.05, 0) is 23.1 Å². The van der Waals surface area contributed by atoms with E-state index in [1.165, 1.54) is 5.56 Å². The second-order valence-corrected chi connectivity index (χ2v) is 5.90. The van der Waals surface area contributed by atoms with Crippen LogP contribution in [0.1, 0.15) is 19.4 Å². The Morgan fingerprint density at radius 2 is 2.22 bits per heavy atom. The van der Waals surface area contributed by atoms with Crippen LogP contribution in [0.4, 0.5) is 0 Å². The first-order valence-electron chi connectivity index (χ1n) is 6.65. The number of nitrogens with one attached hydrogen (secondary N) is 1. The van der Waals surface area contributed by atoms with E-state index in [1.54, 1.807) is 7.11 Å². The van der Waals surface area contributed by atoms with E-state index in [0.29, 0.717) is 5.41 Å². The molecule has 0 radical (unpaired) electrons. The van der Waals surface area contributed by atoms with Crippen molar-refractivity contribution in [3.63, 3.8) is 0 Å². The predicted octanol–water partition coefficient (Wildman–Crippen LogP) is 2.13. The Balaban J connectivity index is 2.03. The molecule has 100 valence electrons. The van der Waals surface area contributed by atoms with Crippen LogP contribution in [0.2, 0.25) is 0 Å². The minimum Gasteiger partial charge on any atom is -0.497 e. The first-order valence-corrected chi connectivity index (χ1v) is 6.65. The number of rotatable bonds is 3. The maximum Gasteiger partial charge on any atom is 0.119 e. The van der Waals surface area contributed by atoms with E-state index in [1.807, 2.05) is 6.07 Å². The van der Waals surface area contributed by atoms with Crippen molar-refractivity contribution in [2.75, 3.05) is 33.3 Å². The van der Waals surface area contributed by atoms with Gasteiger partial charge in [-0.1, -0.05) is 26.0 Å². The molecule has 1 N–H and O–H groups in total. The van der Waals surface area contributed by atoms with E-state index in [2.05, 4.69) is 42.3 Å². The molecule has 1 saturated heterocycles. The van der Waals surface area contributed by atoms with Gasteiger partial charge in [-0.3, -0.25) is 4.90 Å². The lowest BCUT2D eigenvalue weighted by Gasteiger charge is -2.29. The highest BCUT2D eigenvalue weighted by Crippen LogP contribution is 2.20. The number of hydrogen-bond acceptors (Lipinski definition) is 3. The summed E-state index contributed by atoms with van der Waals surface area (Å²) in [5.41, 5.74) is 1.67. The van der Waals surface area contributed by atoms with Crippen LogP contribution in [0.3, 0.4) is 0 Å². The summed E-state index contributed by atoms with van der Waals surface area (Å²) in [6, 6.07) is 8.37. The molecule has 1 heterocycles. The average molecular weight is 248 g/mol. The molecule has 0 aromatic heterocycles. The van der Waals surface area contributed by atoms with E-state index in [0.717, 1.165) is 38.5 Å². The Morgan fingerprint density at radius 1 is 1.39 bits per heavy atom. The standard InChI is InChI=1S/C15H24N2O/c1-15(2)11-16-7-8-17(12-15)10-13-5-4-6-14(9-13)18-3/h4-6,9,16H,7-8,10-12H2,1-3H3. The predicted molar refractivity (Wildman–Crippen MR) is 74.9 cm³/mol. The Bertz CT molecular complexity index is 390. The van der Waals surface area contributed by atoms with Crippen LogP contribution in [0.5, 0.6) is 5.75 Å². The zero-order chi connectivity index (χ0) is 13.0. The maximum atomic E-state index is 5.28. The molecule has 0 unspecified atom stereocenters. The van der Waals surface area contributed by atoms with Crippen LogP contribution < -0.4 is 10.1 Å². The quantitative estimate of drug-likeness (QED) is 0.887. The van der Waals surface area contributed by atoms with Crippen LogP contribution in [0.25, 0.3) is 0 Å². The zero-order valence-corrected chi connectivity index (χ0v) is 11.7. The normalized spacial score (nSPS) is 20.4. The van der Waals surface area contributed by atoms with Crippen molar-refractivity contribution >= 4 is 0 Å². The summed E-state index contributed by atoms with van der Waals surface area (Å²) in [4.78, 5) is 2.52. The fraction of sp³-hybridized carbons (Fsp3) is 0.600. The molecule has 0 amide bonds. The summed E-state index contributed by atoms with van der Waals surface area (Å²) in [5.74, 6) is 0.944. The SMILES string of the molecule is COc1cccc(CN2CCNCC(C)(C)C2)c1. The Hall–Kier alpha value is -1.06. The minimum absolute atomic E-state index is 0.343. The highest BCUT2D eigenvalue weighted by molar-refractivity contribution is 5.28. The van der Waals surface area contributed by atoms with E-state index >= 15 is 0 Å². The van der Waals surface area contributed by atoms with Crippen molar-refractivity contribution in [2.24, 2.45) is 5.41 Å². The van der Waals surface area contributed by atoms with Gasteiger partial charge in [0, 0.05) is 32.7 Å². The van der Waals surface area contributed by atoms with E-state index in [-0.39, 0.29) is 0 Å². The van der Waals surface area contributed by atoms with Crippen molar-refractivity contribution in [3.05, 3.63) is 29.8 Å². The summed E-state index contributed by atoms with van der Waals surface area (Å²) < 4.78 is 5.28. The number of hydrogen-bond donors (Lipinski definition) is 1. The summed E-state index contributed by atoms with van der Waals surface area (Å²) >= 11 is 0. The molecule has 1 aliphatic rings. The molecule has 3 nitrogen and oxygen atoms in total. The van der Waals surface area contributed by atoms with Gasteiger partial charge in [0.2, 0.25) is 0 Å². The molecular formula is C15H24N2O. The smallest absolute Gasteiger partial charge is 0.119 e.